The molecule has 4 aromatic rings. The molecule has 0 atom stereocenters. The number of aryl methyl sites for hydroxylation is 1. The van der Waals surface area contributed by atoms with E-state index in [1.165, 1.54) is 12.1 Å². The Kier molecular flexibility index (Phi) is 5.83. The maximum absolute atomic E-state index is 11.6. The van der Waals surface area contributed by atoms with Gasteiger partial charge in [0, 0.05) is 23.2 Å². The summed E-state index contributed by atoms with van der Waals surface area (Å²) in [4.78, 5) is 9.43. The molecule has 7 nitrogen and oxygen atoms in total. The van der Waals surface area contributed by atoms with Gasteiger partial charge in [0.15, 0.2) is 5.16 Å². The third kappa shape index (κ3) is 4.22. The summed E-state index contributed by atoms with van der Waals surface area (Å²) in [5, 5.41) is 9.04. The van der Waals surface area contributed by atoms with Crippen LogP contribution in [0, 0.1) is 0 Å². The molecule has 2 heterocycles. The minimum absolute atomic E-state index is 0.0646. The second-order valence-electron chi connectivity index (χ2n) is 6.50. The molecule has 30 heavy (non-hydrogen) atoms. The summed E-state index contributed by atoms with van der Waals surface area (Å²) in [6, 6.07) is 12.6. The fraction of sp³-hybridized carbons (Fsp3) is 0.200. The van der Waals surface area contributed by atoms with Gasteiger partial charge in [0.2, 0.25) is 10.0 Å². The molecule has 0 aliphatic carbocycles. The molecule has 0 saturated heterocycles. The SMILES string of the molecule is CCn1c(SCc2csc(-c3cccc(OC)c3)n2)nc2cc(S(N)(=O)=O)ccc21. The van der Waals surface area contributed by atoms with Crippen LogP contribution in [0.15, 0.2) is 57.9 Å². The number of hydrogen-bond donors (Lipinski definition) is 1. The highest BCUT2D eigenvalue weighted by Gasteiger charge is 2.15. The average molecular weight is 461 g/mol. The molecule has 2 N–H and O–H groups in total. The van der Waals surface area contributed by atoms with Crippen LogP contribution in [-0.4, -0.2) is 30.1 Å². The zero-order chi connectivity index (χ0) is 21.3. The number of primary sulfonamides is 1. The average Bonchev–Trinajstić information content (AvgIpc) is 3.35. The molecule has 4 rings (SSSR count). The first-order valence-electron chi connectivity index (χ1n) is 9.13. The number of rotatable bonds is 7. The van der Waals surface area contributed by atoms with E-state index < -0.39 is 10.0 Å². The number of hydrogen-bond acceptors (Lipinski definition) is 7. The van der Waals surface area contributed by atoms with Crippen molar-refractivity contribution in [3.05, 3.63) is 53.5 Å². The van der Waals surface area contributed by atoms with E-state index in [1.54, 1.807) is 36.3 Å². The number of aromatic nitrogens is 3. The minimum Gasteiger partial charge on any atom is -0.497 e. The minimum atomic E-state index is -3.76. The molecule has 10 heteroatoms. The van der Waals surface area contributed by atoms with Crippen molar-refractivity contribution in [3.63, 3.8) is 0 Å². The van der Waals surface area contributed by atoms with Gasteiger partial charge >= 0.3 is 0 Å². The highest BCUT2D eigenvalue weighted by atomic mass is 32.2. The molecule has 0 unspecified atom stereocenters. The highest BCUT2D eigenvalue weighted by Crippen LogP contribution is 2.31. The summed E-state index contributed by atoms with van der Waals surface area (Å²) in [7, 11) is -2.11. The molecule has 0 fully saturated rings. The molecule has 0 aliphatic rings. The summed E-state index contributed by atoms with van der Waals surface area (Å²) < 4.78 is 30.6. The van der Waals surface area contributed by atoms with Crippen molar-refractivity contribution in [2.75, 3.05) is 7.11 Å². The lowest BCUT2D eigenvalue weighted by atomic mass is 10.2. The van der Waals surface area contributed by atoms with Gasteiger partial charge in [0.1, 0.15) is 10.8 Å². The van der Waals surface area contributed by atoms with Crippen LogP contribution in [-0.2, 0) is 22.3 Å². The van der Waals surface area contributed by atoms with Crippen molar-refractivity contribution in [3.8, 4) is 16.3 Å². The van der Waals surface area contributed by atoms with Crippen LogP contribution in [0.1, 0.15) is 12.6 Å². The first-order valence-corrected chi connectivity index (χ1v) is 12.5. The summed E-state index contributed by atoms with van der Waals surface area (Å²) in [5.41, 5.74) is 3.47. The maximum Gasteiger partial charge on any atom is 0.238 e. The summed E-state index contributed by atoms with van der Waals surface area (Å²) >= 11 is 3.16. The first kappa shape index (κ1) is 20.9. The molecule has 0 saturated carbocycles. The smallest absolute Gasteiger partial charge is 0.238 e. The van der Waals surface area contributed by atoms with Gasteiger partial charge in [-0.15, -0.1) is 11.3 Å². The predicted octanol–water partition coefficient (Wildman–Crippen LogP) is 4.13. The molecule has 0 radical (unpaired) electrons. The number of thiazole rings is 1. The monoisotopic (exact) mass is 460 g/mol. The molecule has 0 bridgehead atoms. The Bertz CT molecular complexity index is 1310. The van der Waals surface area contributed by atoms with Gasteiger partial charge in [-0.2, -0.15) is 0 Å². The van der Waals surface area contributed by atoms with Gasteiger partial charge in [-0.05, 0) is 37.3 Å². The zero-order valence-corrected chi connectivity index (χ0v) is 18.9. The third-order valence-electron chi connectivity index (χ3n) is 4.55. The lowest BCUT2D eigenvalue weighted by Gasteiger charge is -2.05. The summed E-state index contributed by atoms with van der Waals surface area (Å²) in [6.07, 6.45) is 0. The zero-order valence-electron chi connectivity index (χ0n) is 16.4. The number of thioether (sulfide) groups is 1. The van der Waals surface area contributed by atoms with Crippen molar-refractivity contribution in [1.82, 2.24) is 14.5 Å². The molecule has 0 amide bonds. The van der Waals surface area contributed by atoms with Crippen LogP contribution in [0.2, 0.25) is 0 Å². The Morgan fingerprint density at radius 1 is 1.20 bits per heavy atom. The number of nitrogens with zero attached hydrogens (tertiary/aromatic N) is 3. The molecule has 0 spiro atoms. The summed E-state index contributed by atoms with van der Waals surface area (Å²) in [6.45, 7) is 2.75. The van der Waals surface area contributed by atoms with Gasteiger partial charge in [0.25, 0.3) is 0 Å². The van der Waals surface area contributed by atoms with Crippen LogP contribution in [0.25, 0.3) is 21.6 Å². The van der Waals surface area contributed by atoms with Gasteiger partial charge in [-0.3, -0.25) is 0 Å². The molecular formula is C20H20N4O3S3. The van der Waals surface area contributed by atoms with Crippen LogP contribution >= 0.6 is 23.1 Å². The molecule has 156 valence electrons. The number of imidazole rings is 1. The van der Waals surface area contributed by atoms with Crippen molar-refractivity contribution >= 4 is 44.2 Å². The number of ether oxygens (including phenoxy) is 1. The number of benzene rings is 2. The van der Waals surface area contributed by atoms with E-state index in [1.807, 2.05) is 36.6 Å². The van der Waals surface area contributed by atoms with Crippen LogP contribution in [0.5, 0.6) is 5.75 Å². The van der Waals surface area contributed by atoms with E-state index >= 15 is 0 Å². The Hall–Kier alpha value is -2.40. The van der Waals surface area contributed by atoms with E-state index in [0.717, 1.165) is 39.2 Å². The second-order valence-corrected chi connectivity index (χ2v) is 9.86. The normalized spacial score (nSPS) is 11.8. The number of nitrogens with two attached hydrogens (primary N) is 1. The Morgan fingerprint density at radius 3 is 2.77 bits per heavy atom. The lowest BCUT2D eigenvalue weighted by Crippen LogP contribution is -2.11. The van der Waals surface area contributed by atoms with Gasteiger partial charge < -0.3 is 9.30 Å². The number of methoxy groups -OCH3 is 1. The van der Waals surface area contributed by atoms with Crippen molar-refractivity contribution in [1.29, 1.82) is 0 Å². The van der Waals surface area contributed by atoms with Crippen molar-refractivity contribution < 1.29 is 13.2 Å². The van der Waals surface area contributed by atoms with Crippen LogP contribution in [0.3, 0.4) is 0 Å². The topological polar surface area (TPSA) is 100 Å². The second kappa shape index (κ2) is 8.38. The molecular weight excluding hydrogens is 440 g/mol. The third-order valence-corrected chi connectivity index (χ3v) is 7.41. The predicted molar refractivity (Wildman–Crippen MR) is 120 cm³/mol. The Labute approximate surface area is 183 Å². The Morgan fingerprint density at radius 2 is 2.03 bits per heavy atom. The summed E-state index contributed by atoms with van der Waals surface area (Å²) in [5.74, 6) is 1.46. The largest absolute Gasteiger partial charge is 0.497 e. The van der Waals surface area contributed by atoms with Crippen molar-refractivity contribution in [2.24, 2.45) is 5.14 Å². The Balaban J connectivity index is 1.57. The van der Waals surface area contributed by atoms with Crippen molar-refractivity contribution in [2.45, 2.75) is 29.3 Å². The fourth-order valence-corrected chi connectivity index (χ4v) is 5.51. The standard InChI is InChI=1S/C20H20N4O3S3/c1-3-24-18-8-7-16(30(21,25)26)10-17(18)23-20(24)29-12-14-11-28-19(22-14)13-5-4-6-15(9-13)27-2/h4-11H,3,12H2,1-2H3,(H2,21,25,26). The van der Waals surface area contributed by atoms with E-state index in [2.05, 4.69) is 9.55 Å². The number of fused-ring (bicyclic) bond motifs is 1. The van der Waals surface area contributed by atoms with E-state index in [4.69, 9.17) is 14.9 Å². The van der Waals surface area contributed by atoms with Gasteiger partial charge in [-0.25, -0.2) is 23.5 Å². The number of sulfonamides is 1. The van der Waals surface area contributed by atoms with E-state index in [0.29, 0.717) is 11.3 Å². The lowest BCUT2D eigenvalue weighted by molar-refractivity contribution is 0.415. The fourth-order valence-electron chi connectivity index (χ4n) is 3.08. The van der Waals surface area contributed by atoms with Crippen LogP contribution in [0.4, 0.5) is 0 Å². The first-order chi connectivity index (χ1) is 14.4. The van der Waals surface area contributed by atoms with E-state index in [-0.39, 0.29) is 4.90 Å². The quantitative estimate of drug-likeness (QED) is 0.416. The van der Waals surface area contributed by atoms with Gasteiger partial charge in [0.05, 0.1) is 28.7 Å². The maximum atomic E-state index is 11.6. The molecule has 2 aromatic heterocycles. The highest BCUT2D eigenvalue weighted by molar-refractivity contribution is 7.98. The molecule has 0 aliphatic heterocycles. The van der Waals surface area contributed by atoms with Crippen LogP contribution < -0.4 is 9.88 Å². The molecule has 2 aromatic carbocycles. The van der Waals surface area contributed by atoms with E-state index in [9.17, 15) is 8.42 Å². The van der Waals surface area contributed by atoms with Gasteiger partial charge in [-0.1, -0.05) is 23.9 Å².